The van der Waals surface area contributed by atoms with Gasteiger partial charge in [0.25, 0.3) is 0 Å². The molecule has 0 saturated heterocycles. The van der Waals surface area contributed by atoms with Crippen molar-refractivity contribution in [2.75, 3.05) is 7.11 Å². The molecule has 0 aromatic heterocycles. The van der Waals surface area contributed by atoms with Crippen LogP contribution in [0.15, 0.2) is 60.7 Å². The van der Waals surface area contributed by atoms with Gasteiger partial charge in [0.1, 0.15) is 12.2 Å². The molecule has 0 radical (unpaired) electrons. The third-order valence-corrected chi connectivity index (χ3v) is 4.26. The molecule has 0 bridgehead atoms. The maximum absolute atomic E-state index is 12.3. The number of ether oxygens (including phenoxy) is 1. The van der Waals surface area contributed by atoms with E-state index in [4.69, 9.17) is 9.57 Å². The molecule has 1 heterocycles. The van der Waals surface area contributed by atoms with Crippen LogP contribution in [0.1, 0.15) is 17.0 Å². The Morgan fingerprint density at radius 3 is 2.36 bits per heavy atom. The SMILES string of the molecule is COC(=O)C1=[N+]([O-])O[C@](C=O)(Cc2ccccc2)[C@H]1c1ccccc1. The summed E-state index contributed by atoms with van der Waals surface area (Å²) in [4.78, 5) is 29.7. The monoisotopic (exact) mass is 339 g/mol. The van der Waals surface area contributed by atoms with Crippen molar-refractivity contribution in [1.29, 1.82) is 0 Å². The fourth-order valence-corrected chi connectivity index (χ4v) is 3.16. The largest absolute Gasteiger partial charge is 0.461 e. The van der Waals surface area contributed by atoms with Crippen molar-refractivity contribution in [3.63, 3.8) is 0 Å². The zero-order valence-electron chi connectivity index (χ0n) is 13.6. The van der Waals surface area contributed by atoms with Crippen molar-refractivity contribution < 1.29 is 24.1 Å². The number of hydrogen-bond acceptors (Lipinski definition) is 5. The summed E-state index contributed by atoms with van der Waals surface area (Å²) < 4.78 is 4.73. The molecule has 6 heteroatoms. The van der Waals surface area contributed by atoms with E-state index in [2.05, 4.69) is 0 Å². The van der Waals surface area contributed by atoms with E-state index in [9.17, 15) is 14.8 Å². The standard InChI is InChI=1S/C19H17NO5/c1-24-18(22)17-16(15-10-6-3-7-11-15)19(13-21,25-20(17)23)12-14-8-4-2-5-9-14/h2-11,13,16H,12H2,1H3/t16-,19-/m0/s1. The summed E-state index contributed by atoms with van der Waals surface area (Å²) in [5, 5.41) is 12.3. The highest BCUT2D eigenvalue weighted by Crippen LogP contribution is 2.39. The second kappa shape index (κ2) is 6.76. The lowest BCUT2D eigenvalue weighted by molar-refractivity contribution is -0.747. The molecule has 0 saturated carbocycles. The minimum absolute atomic E-state index is 0.112. The predicted molar refractivity (Wildman–Crippen MR) is 89.9 cm³/mol. The number of carbonyl (C=O) groups is 2. The Bertz CT molecular complexity index is 803. The summed E-state index contributed by atoms with van der Waals surface area (Å²) in [6.07, 6.45) is 0.745. The Morgan fingerprint density at radius 1 is 1.20 bits per heavy atom. The number of aldehydes is 1. The van der Waals surface area contributed by atoms with Crippen LogP contribution in [0, 0.1) is 5.21 Å². The molecular formula is C19H17NO5. The highest BCUT2D eigenvalue weighted by atomic mass is 16.9. The maximum Gasteiger partial charge on any atom is 0.405 e. The molecule has 0 spiro atoms. The van der Waals surface area contributed by atoms with Gasteiger partial charge in [-0.2, -0.15) is 0 Å². The first-order valence-corrected chi connectivity index (χ1v) is 7.78. The van der Waals surface area contributed by atoms with E-state index >= 15 is 0 Å². The van der Waals surface area contributed by atoms with Gasteiger partial charge >= 0.3 is 11.7 Å². The summed E-state index contributed by atoms with van der Waals surface area (Å²) in [5.74, 6) is -1.68. The van der Waals surface area contributed by atoms with E-state index in [0.29, 0.717) is 11.8 Å². The number of hydrogen-bond donors (Lipinski definition) is 0. The third kappa shape index (κ3) is 2.98. The van der Waals surface area contributed by atoms with Crippen molar-refractivity contribution in [2.24, 2.45) is 0 Å². The number of methoxy groups -OCH3 is 1. The van der Waals surface area contributed by atoms with Crippen LogP contribution in [0.25, 0.3) is 0 Å². The van der Waals surface area contributed by atoms with Gasteiger partial charge < -0.3 is 14.4 Å². The molecule has 0 fully saturated rings. The van der Waals surface area contributed by atoms with E-state index in [-0.39, 0.29) is 17.0 Å². The minimum atomic E-state index is -1.52. The molecule has 2 atom stereocenters. The predicted octanol–water partition coefficient (Wildman–Crippen LogP) is 2.02. The fourth-order valence-electron chi connectivity index (χ4n) is 3.16. The maximum atomic E-state index is 12.3. The Morgan fingerprint density at radius 2 is 1.80 bits per heavy atom. The molecule has 0 N–H and O–H groups in total. The van der Waals surface area contributed by atoms with Crippen LogP contribution >= 0.6 is 0 Å². The van der Waals surface area contributed by atoms with Crippen LogP contribution in [0.3, 0.4) is 0 Å². The number of esters is 1. The Labute approximate surface area is 144 Å². The Hall–Kier alpha value is -3.15. The summed E-state index contributed by atoms with van der Waals surface area (Å²) in [5.41, 5.74) is -0.315. The second-order valence-corrected chi connectivity index (χ2v) is 5.80. The fraction of sp³-hybridized carbons (Fsp3) is 0.211. The molecule has 25 heavy (non-hydrogen) atoms. The number of rotatable bonds is 5. The molecule has 1 aliphatic rings. The lowest BCUT2D eigenvalue weighted by Gasteiger charge is -2.29. The Kier molecular flexibility index (Phi) is 4.52. The summed E-state index contributed by atoms with van der Waals surface area (Å²) in [7, 11) is 1.18. The molecule has 3 rings (SSSR count). The van der Waals surface area contributed by atoms with Crippen LogP contribution in [-0.4, -0.2) is 35.6 Å². The van der Waals surface area contributed by atoms with Crippen molar-refractivity contribution in [1.82, 2.24) is 0 Å². The van der Waals surface area contributed by atoms with E-state index < -0.39 is 17.5 Å². The van der Waals surface area contributed by atoms with Gasteiger partial charge in [0.05, 0.1) is 12.0 Å². The van der Waals surface area contributed by atoms with Gasteiger partial charge in [0.2, 0.25) is 0 Å². The van der Waals surface area contributed by atoms with E-state index in [1.54, 1.807) is 24.3 Å². The average Bonchev–Trinajstić information content (AvgIpc) is 2.95. The topological polar surface area (TPSA) is 78.7 Å². The average molecular weight is 339 g/mol. The van der Waals surface area contributed by atoms with E-state index in [1.807, 2.05) is 36.4 Å². The van der Waals surface area contributed by atoms with E-state index in [1.165, 1.54) is 7.11 Å². The highest BCUT2D eigenvalue weighted by molar-refractivity contribution is 6.37. The lowest BCUT2D eigenvalue weighted by atomic mass is 9.76. The van der Waals surface area contributed by atoms with Gasteiger partial charge in [-0.15, -0.1) is 0 Å². The minimum Gasteiger partial charge on any atom is -0.461 e. The lowest BCUT2D eigenvalue weighted by Crippen LogP contribution is -2.43. The van der Waals surface area contributed by atoms with E-state index in [0.717, 1.165) is 5.56 Å². The molecular weight excluding hydrogens is 322 g/mol. The number of carbonyl (C=O) groups excluding carboxylic acids is 2. The van der Waals surface area contributed by atoms with Gasteiger partial charge in [-0.05, 0) is 11.1 Å². The second-order valence-electron chi connectivity index (χ2n) is 5.80. The van der Waals surface area contributed by atoms with Crippen molar-refractivity contribution in [3.8, 4) is 0 Å². The van der Waals surface area contributed by atoms with Gasteiger partial charge in [-0.25, -0.2) is 4.79 Å². The Balaban J connectivity index is 2.11. The van der Waals surface area contributed by atoms with Crippen LogP contribution in [-0.2, 0) is 25.6 Å². The molecule has 6 nitrogen and oxygen atoms in total. The smallest absolute Gasteiger partial charge is 0.405 e. The molecule has 0 amide bonds. The molecule has 2 aromatic rings. The first kappa shape index (κ1) is 16.7. The summed E-state index contributed by atoms with van der Waals surface area (Å²) in [6.45, 7) is 0. The van der Waals surface area contributed by atoms with Crippen LogP contribution in [0.4, 0.5) is 0 Å². The molecule has 1 aliphatic heterocycles. The third-order valence-electron chi connectivity index (χ3n) is 4.26. The van der Waals surface area contributed by atoms with Gasteiger partial charge in [-0.1, -0.05) is 60.7 Å². The molecule has 128 valence electrons. The summed E-state index contributed by atoms with van der Waals surface area (Å²) >= 11 is 0. The first-order chi connectivity index (χ1) is 12.1. The highest BCUT2D eigenvalue weighted by Gasteiger charge is 2.56. The summed E-state index contributed by atoms with van der Waals surface area (Å²) in [6, 6.07) is 18.0. The van der Waals surface area contributed by atoms with Gasteiger partial charge in [0, 0.05) is 6.42 Å². The van der Waals surface area contributed by atoms with Crippen molar-refractivity contribution in [2.45, 2.75) is 17.9 Å². The molecule has 0 aliphatic carbocycles. The van der Waals surface area contributed by atoms with Crippen LogP contribution in [0.2, 0.25) is 0 Å². The normalized spacial score (nSPS) is 22.4. The first-order valence-electron chi connectivity index (χ1n) is 7.78. The molecule has 2 aromatic carbocycles. The van der Waals surface area contributed by atoms with Crippen molar-refractivity contribution in [3.05, 3.63) is 77.0 Å². The quantitative estimate of drug-likeness (QED) is 0.473. The van der Waals surface area contributed by atoms with Crippen LogP contribution < -0.4 is 0 Å². The number of nitrogens with zero attached hydrogens (tertiary/aromatic N) is 1. The number of benzene rings is 2. The van der Waals surface area contributed by atoms with Crippen molar-refractivity contribution >= 4 is 18.0 Å². The zero-order valence-corrected chi connectivity index (χ0v) is 13.6. The zero-order chi connectivity index (χ0) is 17.9. The molecule has 0 unspecified atom stereocenters. The van der Waals surface area contributed by atoms with Crippen LogP contribution in [0.5, 0.6) is 0 Å². The van der Waals surface area contributed by atoms with Gasteiger partial charge in [-0.3, -0.25) is 5.21 Å². The van der Waals surface area contributed by atoms with Gasteiger partial charge in [0.15, 0.2) is 5.60 Å².